The van der Waals surface area contributed by atoms with Crippen molar-refractivity contribution in [3.05, 3.63) is 29.6 Å². The van der Waals surface area contributed by atoms with E-state index in [1.165, 1.54) is 0 Å². The fourth-order valence-corrected chi connectivity index (χ4v) is 1.74. The van der Waals surface area contributed by atoms with Crippen LogP contribution >= 0.6 is 0 Å². The second-order valence-corrected chi connectivity index (χ2v) is 4.08. The van der Waals surface area contributed by atoms with Crippen LogP contribution in [0.2, 0.25) is 0 Å². The predicted molar refractivity (Wildman–Crippen MR) is 57.6 cm³/mol. The molecule has 0 radical (unpaired) electrons. The molecule has 2 rings (SSSR count). The maximum absolute atomic E-state index is 13.3. The molecule has 0 bridgehead atoms. The van der Waals surface area contributed by atoms with Gasteiger partial charge in [0.2, 0.25) is 0 Å². The molecule has 0 saturated carbocycles. The summed E-state index contributed by atoms with van der Waals surface area (Å²) < 4.78 is 64.2. The molecular formula is C11H7F5N2O2. The molecule has 0 fully saturated rings. The summed E-state index contributed by atoms with van der Waals surface area (Å²) in [5.74, 6) is -7.94. The molecule has 0 unspecified atom stereocenters. The van der Waals surface area contributed by atoms with Crippen molar-refractivity contribution in [2.45, 2.75) is 12.1 Å². The molecule has 9 heteroatoms. The lowest BCUT2D eigenvalue weighted by Gasteiger charge is -2.18. The van der Waals surface area contributed by atoms with Crippen molar-refractivity contribution in [1.29, 1.82) is 0 Å². The van der Waals surface area contributed by atoms with Crippen LogP contribution < -0.4 is 0 Å². The molecule has 1 aromatic heterocycles. The summed E-state index contributed by atoms with van der Waals surface area (Å²) in [6.45, 7) is 0. The normalized spacial score (nSPS) is 12.9. The van der Waals surface area contributed by atoms with E-state index in [1.54, 1.807) is 0 Å². The van der Waals surface area contributed by atoms with Crippen molar-refractivity contribution in [1.82, 2.24) is 9.55 Å². The van der Waals surface area contributed by atoms with E-state index in [1.807, 2.05) is 0 Å². The van der Waals surface area contributed by atoms with Gasteiger partial charge in [-0.15, -0.1) is 0 Å². The van der Waals surface area contributed by atoms with Crippen molar-refractivity contribution >= 4 is 17.0 Å². The van der Waals surface area contributed by atoms with Gasteiger partial charge in [0.15, 0.2) is 5.82 Å². The number of aromatic carboxylic acids is 1. The first-order valence-corrected chi connectivity index (χ1v) is 5.20. The molecule has 108 valence electrons. The van der Waals surface area contributed by atoms with Crippen LogP contribution in [0.4, 0.5) is 22.0 Å². The molecule has 0 aliphatic rings. The number of hydrogen-bond donors (Lipinski definition) is 1. The van der Waals surface area contributed by atoms with Gasteiger partial charge in [-0.2, -0.15) is 22.0 Å². The average Bonchev–Trinajstić information content (AvgIpc) is 2.65. The highest BCUT2D eigenvalue weighted by Crippen LogP contribution is 2.43. The number of halogens is 5. The van der Waals surface area contributed by atoms with Crippen LogP contribution in [0.5, 0.6) is 0 Å². The first-order valence-electron chi connectivity index (χ1n) is 5.20. The minimum Gasteiger partial charge on any atom is -0.478 e. The Bertz CT molecular complexity index is 690. The molecule has 20 heavy (non-hydrogen) atoms. The minimum atomic E-state index is -5.78. The van der Waals surface area contributed by atoms with E-state index in [0.29, 0.717) is 4.57 Å². The van der Waals surface area contributed by atoms with Crippen molar-refractivity contribution in [3.63, 3.8) is 0 Å². The molecular weight excluding hydrogens is 287 g/mol. The van der Waals surface area contributed by atoms with Crippen LogP contribution in [0, 0.1) is 0 Å². The molecule has 0 atom stereocenters. The number of rotatable bonds is 2. The Hall–Kier alpha value is -2.19. The largest absolute Gasteiger partial charge is 0.478 e. The number of alkyl halides is 5. The van der Waals surface area contributed by atoms with Crippen LogP contribution in [-0.4, -0.2) is 26.8 Å². The quantitative estimate of drug-likeness (QED) is 0.866. The summed E-state index contributed by atoms with van der Waals surface area (Å²) >= 11 is 0. The van der Waals surface area contributed by atoms with Gasteiger partial charge in [0, 0.05) is 7.05 Å². The van der Waals surface area contributed by atoms with Gasteiger partial charge in [-0.3, -0.25) is 0 Å². The van der Waals surface area contributed by atoms with E-state index < -0.39 is 23.9 Å². The van der Waals surface area contributed by atoms with E-state index in [2.05, 4.69) is 4.98 Å². The van der Waals surface area contributed by atoms with Crippen LogP contribution in [0.1, 0.15) is 16.2 Å². The zero-order valence-corrected chi connectivity index (χ0v) is 9.87. The number of carboxylic acid groups (broad SMARTS) is 1. The van der Waals surface area contributed by atoms with E-state index in [-0.39, 0.29) is 16.6 Å². The van der Waals surface area contributed by atoms with Crippen LogP contribution in [0.15, 0.2) is 18.2 Å². The lowest BCUT2D eigenvalue weighted by Crippen LogP contribution is -2.36. The highest BCUT2D eigenvalue weighted by Gasteiger charge is 2.61. The van der Waals surface area contributed by atoms with Gasteiger partial charge in [0.25, 0.3) is 0 Å². The Morgan fingerprint density at radius 1 is 1.25 bits per heavy atom. The lowest BCUT2D eigenvalue weighted by atomic mass is 10.2. The summed E-state index contributed by atoms with van der Waals surface area (Å²) in [6, 6.07) is 3.16. The molecule has 4 nitrogen and oxygen atoms in total. The summed E-state index contributed by atoms with van der Waals surface area (Å²) in [5.41, 5.74) is -0.516. The van der Waals surface area contributed by atoms with Gasteiger partial charge in [0.05, 0.1) is 16.6 Å². The number of carbonyl (C=O) groups is 1. The van der Waals surface area contributed by atoms with E-state index in [9.17, 15) is 26.7 Å². The van der Waals surface area contributed by atoms with Gasteiger partial charge in [-0.1, -0.05) is 0 Å². The first kappa shape index (κ1) is 14.2. The predicted octanol–water partition coefficient (Wildman–Crippen LogP) is 2.93. The van der Waals surface area contributed by atoms with Crippen molar-refractivity contribution < 1.29 is 31.9 Å². The number of carboxylic acids is 1. The zero-order chi connectivity index (χ0) is 15.3. The average molecular weight is 294 g/mol. The van der Waals surface area contributed by atoms with Crippen LogP contribution in [-0.2, 0) is 13.0 Å². The minimum absolute atomic E-state index is 0.0195. The Labute approximate surface area is 108 Å². The molecule has 0 saturated heterocycles. The number of hydrogen-bond acceptors (Lipinski definition) is 2. The number of benzene rings is 1. The van der Waals surface area contributed by atoms with Crippen LogP contribution in [0.25, 0.3) is 11.0 Å². The highest BCUT2D eigenvalue weighted by molar-refractivity contribution is 5.92. The van der Waals surface area contributed by atoms with Gasteiger partial charge in [0.1, 0.15) is 0 Å². The van der Waals surface area contributed by atoms with Gasteiger partial charge >= 0.3 is 18.1 Å². The summed E-state index contributed by atoms with van der Waals surface area (Å²) in [6.07, 6.45) is -5.78. The number of imidazole rings is 1. The molecule has 1 aromatic carbocycles. The molecule has 1 N–H and O–H groups in total. The number of nitrogens with zero attached hydrogens (tertiary/aromatic N) is 2. The highest BCUT2D eigenvalue weighted by atomic mass is 19.4. The Morgan fingerprint density at radius 3 is 2.35 bits per heavy atom. The number of aromatic nitrogens is 2. The Kier molecular flexibility index (Phi) is 2.95. The fourth-order valence-electron chi connectivity index (χ4n) is 1.74. The Balaban J connectivity index is 2.68. The van der Waals surface area contributed by atoms with Crippen LogP contribution in [0.3, 0.4) is 0 Å². The lowest BCUT2D eigenvalue weighted by molar-refractivity contribution is -0.293. The molecule has 0 spiro atoms. The third-order valence-electron chi connectivity index (χ3n) is 2.76. The molecule has 1 heterocycles. The van der Waals surface area contributed by atoms with E-state index >= 15 is 0 Å². The topological polar surface area (TPSA) is 55.1 Å². The monoisotopic (exact) mass is 294 g/mol. The summed E-state index contributed by atoms with van der Waals surface area (Å²) in [5, 5.41) is 8.75. The second kappa shape index (κ2) is 4.15. The zero-order valence-electron chi connectivity index (χ0n) is 9.87. The molecule has 0 amide bonds. The molecule has 2 aromatic rings. The molecule has 0 aliphatic heterocycles. The standard InChI is InChI=1S/C11H7F5N2O2/c1-18-7-3-2-5(8(19)20)4-6(7)17-9(18)10(12,13)11(14,15)16/h2-4H,1H3,(H,19,20). The van der Waals surface area contributed by atoms with E-state index in [0.717, 1.165) is 25.2 Å². The maximum Gasteiger partial charge on any atom is 0.461 e. The SMILES string of the molecule is Cn1c(C(F)(F)C(F)(F)F)nc2cc(C(=O)O)ccc21. The van der Waals surface area contributed by atoms with Gasteiger partial charge in [-0.25, -0.2) is 9.78 Å². The number of fused-ring (bicyclic) bond motifs is 1. The van der Waals surface area contributed by atoms with Gasteiger partial charge in [-0.05, 0) is 18.2 Å². The maximum atomic E-state index is 13.3. The Morgan fingerprint density at radius 2 is 1.85 bits per heavy atom. The summed E-state index contributed by atoms with van der Waals surface area (Å²) in [4.78, 5) is 14.0. The third kappa shape index (κ3) is 1.98. The van der Waals surface area contributed by atoms with E-state index in [4.69, 9.17) is 5.11 Å². The van der Waals surface area contributed by atoms with Crippen molar-refractivity contribution in [2.75, 3.05) is 0 Å². The third-order valence-corrected chi connectivity index (χ3v) is 2.76. The summed E-state index contributed by atoms with van der Waals surface area (Å²) in [7, 11) is 1.00. The van der Waals surface area contributed by atoms with Crippen molar-refractivity contribution in [2.24, 2.45) is 7.05 Å². The van der Waals surface area contributed by atoms with Gasteiger partial charge < -0.3 is 9.67 Å². The number of aryl methyl sites for hydroxylation is 1. The smallest absolute Gasteiger partial charge is 0.461 e. The second-order valence-electron chi connectivity index (χ2n) is 4.08. The van der Waals surface area contributed by atoms with Crippen molar-refractivity contribution in [3.8, 4) is 0 Å². The first-order chi connectivity index (χ1) is 9.05. The fraction of sp³-hybridized carbons (Fsp3) is 0.273. The molecule has 0 aliphatic carbocycles.